The summed E-state index contributed by atoms with van der Waals surface area (Å²) >= 11 is 0. The predicted octanol–water partition coefficient (Wildman–Crippen LogP) is 3.80. The molecule has 1 amide bonds. The molecule has 2 heterocycles. The zero-order valence-electron chi connectivity index (χ0n) is 14.1. The molecular formula is C20H19N3O2. The molecule has 0 saturated heterocycles. The van der Waals surface area contributed by atoms with Gasteiger partial charge >= 0.3 is 6.03 Å². The quantitative estimate of drug-likeness (QED) is 0.729. The van der Waals surface area contributed by atoms with Gasteiger partial charge in [-0.1, -0.05) is 30.3 Å². The number of aryl methyl sites for hydroxylation is 1. The first-order valence-electron chi connectivity index (χ1n) is 8.34. The molecule has 2 aromatic carbocycles. The lowest BCUT2D eigenvalue weighted by molar-refractivity contribution is 0.245. The number of anilines is 1. The Balaban J connectivity index is 1.53. The van der Waals surface area contributed by atoms with Crippen molar-refractivity contribution < 1.29 is 9.53 Å². The van der Waals surface area contributed by atoms with E-state index in [9.17, 15) is 4.79 Å². The number of para-hydroxylation sites is 1. The van der Waals surface area contributed by atoms with Gasteiger partial charge in [0.15, 0.2) is 0 Å². The first-order chi connectivity index (χ1) is 12.2. The van der Waals surface area contributed by atoms with E-state index in [0.717, 1.165) is 34.9 Å². The highest BCUT2D eigenvalue weighted by Crippen LogP contribution is 2.22. The van der Waals surface area contributed by atoms with Crippen LogP contribution in [-0.2, 0) is 13.0 Å². The van der Waals surface area contributed by atoms with Crippen LogP contribution in [0.5, 0.6) is 5.75 Å². The van der Waals surface area contributed by atoms with Crippen molar-refractivity contribution in [3.05, 3.63) is 77.9 Å². The fourth-order valence-corrected chi connectivity index (χ4v) is 3.03. The molecule has 0 N–H and O–H groups in total. The molecule has 3 aromatic rings. The Hall–Kier alpha value is -3.08. The number of hydrogen-bond acceptors (Lipinski definition) is 3. The molecule has 0 aliphatic carbocycles. The number of nitrogens with zero attached hydrogens (tertiary/aromatic N) is 3. The van der Waals surface area contributed by atoms with E-state index in [0.29, 0.717) is 13.2 Å². The molecule has 25 heavy (non-hydrogen) atoms. The summed E-state index contributed by atoms with van der Waals surface area (Å²) in [5.74, 6) is 1.58. The maximum Gasteiger partial charge on any atom is 0.334 e. The number of imidazole rings is 1. The summed E-state index contributed by atoms with van der Waals surface area (Å²) in [6, 6.07) is 17.5. The average Bonchev–Trinajstić information content (AvgIpc) is 3.05. The Morgan fingerprint density at radius 3 is 2.76 bits per heavy atom. The van der Waals surface area contributed by atoms with Crippen molar-refractivity contribution in [1.29, 1.82) is 0 Å². The lowest BCUT2D eigenvalue weighted by Gasteiger charge is -2.27. The van der Waals surface area contributed by atoms with Crippen LogP contribution < -0.4 is 9.64 Å². The minimum Gasteiger partial charge on any atom is -0.487 e. The van der Waals surface area contributed by atoms with E-state index >= 15 is 0 Å². The van der Waals surface area contributed by atoms with E-state index in [1.165, 1.54) is 0 Å². The van der Waals surface area contributed by atoms with Gasteiger partial charge in [-0.05, 0) is 36.8 Å². The monoisotopic (exact) mass is 333 g/mol. The molecule has 1 aromatic heterocycles. The highest BCUT2D eigenvalue weighted by atomic mass is 16.5. The Morgan fingerprint density at radius 2 is 1.96 bits per heavy atom. The van der Waals surface area contributed by atoms with Crippen LogP contribution in [0.25, 0.3) is 0 Å². The number of ether oxygens (including phenoxy) is 1. The van der Waals surface area contributed by atoms with Crippen molar-refractivity contribution in [2.24, 2.45) is 0 Å². The van der Waals surface area contributed by atoms with E-state index < -0.39 is 0 Å². The van der Waals surface area contributed by atoms with Crippen LogP contribution in [0, 0.1) is 6.92 Å². The highest BCUT2D eigenvalue weighted by molar-refractivity contribution is 5.95. The molecule has 4 rings (SSSR count). The summed E-state index contributed by atoms with van der Waals surface area (Å²) in [6.45, 7) is 3.01. The lowest BCUT2D eigenvalue weighted by Crippen LogP contribution is -2.41. The van der Waals surface area contributed by atoms with Crippen molar-refractivity contribution in [1.82, 2.24) is 9.55 Å². The lowest BCUT2D eigenvalue weighted by atomic mass is 10.2. The SMILES string of the molecule is Cc1cccc(N2CCc3nc(COc4ccccc4)cn3C2=O)c1. The van der Waals surface area contributed by atoms with Crippen LogP contribution in [0.1, 0.15) is 17.1 Å². The van der Waals surface area contributed by atoms with E-state index in [2.05, 4.69) is 4.98 Å². The van der Waals surface area contributed by atoms with E-state index in [-0.39, 0.29) is 6.03 Å². The maximum atomic E-state index is 12.8. The Kier molecular flexibility index (Phi) is 3.98. The standard InChI is InChI=1S/C20H19N3O2/c1-15-6-5-7-17(12-15)22-11-10-19-21-16(13-23(19)20(22)24)14-25-18-8-3-2-4-9-18/h2-9,12-13H,10-11,14H2,1H3. The van der Waals surface area contributed by atoms with Gasteiger partial charge in [-0.3, -0.25) is 9.47 Å². The molecule has 5 heteroatoms. The molecule has 0 unspecified atom stereocenters. The zero-order valence-corrected chi connectivity index (χ0v) is 14.1. The summed E-state index contributed by atoms with van der Waals surface area (Å²) in [6.07, 6.45) is 2.51. The number of aromatic nitrogens is 2. The zero-order chi connectivity index (χ0) is 17.2. The largest absolute Gasteiger partial charge is 0.487 e. The maximum absolute atomic E-state index is 12.8. The molecule has 5 nitrogen and oxygen atoms in total. The summed E-state index contributed by atoms with van der Waals surface area (Å²) in [4.78, 5) is 19.2. The molecular weight excluding hydrogens is 314 g/mol. The first kappa shape index (κ1) is 15.4. The fourth-order valence-electron chi connectivity index (χ4n) is 3.03. The summed E-state index contributed by atoms with van der Waals surface area (Å²) in [7, 11) is 0. The minimum atomic E-state index is -0.0645. The highest BCUT2D eigenvalue weighted by Gasteiger charge is 2.26. The van der Waals surface area contributed by atoms with Gasteiger partial charge in [-0.25, -0.2) is 9.78 Å². The minimum absolute atomic E-state index is 0.0645. The number of carbonyl (C=O) groups excluding carboxylic acids is 1. The number of amides is 1. The second-order valence-electron chi connectivity index (χ2n) is 6.14. The van der Waals surface area contributed by atoms with Gasteiger partial charge in [-0.15, -0.1) is 0 Å². The summed E-state index contributed by atoms with van der Waals surface area (Å²) < 4.78 is 7.37. The van der Waals surface area contributed by atoms with Gasteiger partial charge in [0.25, 0.3) is 0 Å². The molecule has 126 valence electrons. The van der Waals surface area contributed by atoms with Crippen LogP contribution in [-0.4, -0.2) is 22.1 Å². The molecule has 0 bridgehead atoms. The molecule has 0 spiro atoms. The van der Waals surface area contributed by atoms with Crippen molar-refractivity contribution >= 4 is 11.7 Å². The van der Waals surface area contributed by atoms with Gasteiger partial charge in [0.2, 0.25) is 0 Å². The molecule has 0 atom stereocenters. The topological polar surface area (TPSA) is 47.4 Å². The predicted molar refractivity (Wildman–Crippen MR) is 96.0 cm³/mol. The van der Waals surface area contributed by atoms with Gasteiger partial charge in [0.05, 0.1) is 5.69 Å². The van der Waals surface area contributed by atoms with Crippen LogP contribution in [0.3, 0.4) is 0 Å². The van der Waals surface area contributed by atoms with Crippen molar-refractivity contribution in [2.45, 2.75) is 20.0 Å². The molecule has 0 radical (unpaired) electrons. The van der Waals surface area contributed by atoms with Crippen molar-refractivity contribution in [3.8, 4) is 5.75 Å². The molecule has 1 aliphatic rings. The van der Waals surface area contributed by atoms with Crippen molar-refractivity contribution in [3.63, 3.8) is 0 Å². The van der Waals surface area contributed by atoms with Crippen LogP contribution in [0.2, 0.25) is 0 Å². The van der Waals surface area contributed by atoms with Crippen LogP contribution in [0.4, 0.5) is 10.5 Å². The second-order valence-corrected chi connectivity index (χ2v) is 6.14. The second kappa shape index (κ2) is 6.43. The number of hydrogen-bond donors (Lipinski definition) is 0. The molecule has 1 aliphatic heterocycles. The van der Waals surface area contributed by atoms with E-state index in [4.69, 9.17) is 4.74 Å². The number of benzene rings is 2. The van der Waals surface area contributed by atoms with Gasteiger partial charge in [0, 0.05) is 24.8 Å². The van der Waals surface area contributed by atoms with Gasteiger partial charge in [0.1, 0.15) is 18.2 Å². The Bertz CT molecular complexity index is 902. The number of rotatable bonds is 4. The van der Waals surface area contributed by atoms with Crippen LogP contribution in [0.15, 0.2) is 60.8 Å². The first-order valence-corrected chi connectivity index (χ1v) is 8.34. The van der Waals surface area contributed by atoms with Gasteiger partial charge in [-0.2, -0.15) is 0 Å². The molecule has 0 saturated carbocycles. The van der Waals surface area contributed by atoms with E-state index in [1.54, 1.807) is 15.7 Å². The fraction of sp³-hybridized carbons (Fsp3) is 0.200. The Labute approximate surface area is 146 Å². The average molecular weight is 333 g/mol. The summed E-state index contributed by atoms with van der Waals surface area (Å²) in [5, 5.41) is 0. The van der Waals surface area contributed by atoms with Gasteiger partial charge < -0.3 is 4.74 Å². The van der Waals surface area contributed by atoms with E-state index in [1.807, 2.05) is 61.5 Å². The third-order valence-electron chi connectivity index (χ3n) is 4.27. The smallest absolute Gasteiger partial charge is 0.334 e. The molecule has 0 fully saturated rings. The van der Waals surface area contributed by atoms with Crippen molar-refractivity contribution in [2.75, 3.05) is 11.4 Å². The summed E-state index contributed by atoms with van der Waals surface area (Å²) in [5.41, 5.74) is 2.82. The third-order valence-corrected chi connectivity index (χ3v) is 4.27. The van der Waals surface area contributed by atoms with Crippen LogP contribution >= 0.6 is 0 Å². The number of carbonyl (C=O) groups is 1. The number of fused-ring (bicyclic) bond motifs is 1. The normalized spacial score (nSPS) is 13.6. The Morgan fingerprint density at radius 1 is 1.12 bits per heavy atom. The third kappa shape index (κ3) is 3.13.